The quantitative estimate of drug-likeness (QED) is 0.925. The second-order valence-electron chi connectivity index (χ2n) is 5.90. The van der Waals surface area contributed by atoms with Gasteiger partial charge in [-0.3, -0.25) is 4.79 Å². The van der Waals surface area contributed by atoms with Crippen LogP contribution in [-0.4, -0.2) is 36.9 Å². The van der Waals surface area contributed by atoms with Gasteiger partial charge in [0.2, 0.25) is 5.09 Å². The van der Waals surface area contributed by atoms with Crippen LogP contribution < -0.4 is 0 Å². The third-order valence-corrected chi connectivity index (χ3v) is 6.16. The number of fused-ring (bicyclic) bond motifs is 1. The minimum atomic E-state index is -3.96. The number of carboxylic acids is 1. The summed E-state index contributed by atoms with van der Waals surface area (Å²) in [5.41, 5.74) is 0.607. The second kappa shape index (κ2) is 5.31. The third kappa shape index (κ3) is 2.51. The van der Waals surface area contributed by atoms with Gasteiger partial charge in [-0.15, -0.1) is 0 Å². The molecule has 8 heteroatoms. The summed E-state index contributed by atoms with van der Waals surface area (Å²) in [4.78, 5) is 11.2. The highest BCUT2D eigenvalue weighted by atomic mass is 32.2. The monoisotopic (exact) mass is 341 g/mol. The molecule has 1 saturated heterocycles. The predicted molar refractivity (Wildman–Crippen MR) is 80.0 cm³/mol. The fourth-order valence-corrected chi connectivity index (χ4v) is 4.69. The summed E-state index contributed by atoms with van der Waals surface area (Å²) in [7, 11) is -3.96. The first-order chi connectivity index (χ1) is 10.7. The predicted octanol–water partition coefficient (Wildman–Crippen LogP) is 2.22. The van der Waals surface area contributed by atoms with Gasteiger partial charge in [-0.25, -0.2) is 12.8 Å². The minimum absolute atomic E-state index is 0.0936. The first-order valence-electron chi connectivity index (χ1n) is 7.13. The molecule has 2 atom stereocenters. The zero-order chi connectivity index (χ0) is 16.9. The molecular weight excluding hydrogens is 325 g/mol. The molecule has 23 heavy (non-hydrogen) atoms. The number of carboxylic acid groups (broad SMARTS) is 1. The van der Waals surface area contributed by atoms with Crippen LogP contribution in [0, 0.1) is 24.6 Å². The largest absolute Gasteiger partial charge is 0.481 e. The van der Waals surface area contributed by atoms with E-state index in [1.807, 2.05) is 0 Å². The average Bonchev–Trinajstić information content (AvgIpc) is 3.01. The number of furan rings is 1. The maximum absolute atomic E-state index is 13.3. The maximum Gasteiger partial charge on any atom is 0.308 e. The number of hydrogen-bond donors (Lipinski definition) is 1. The highest BCUT2D eigenvalue weighted by Crippen LogP contribution is 2.34. The lowest BCUT2D eigenvalue weighted by molar-refractivity contribution is -0.142. The van der Waals surface area contributed by atoms with Gasteiger partial charge >= 0.3 is 5.97 Å². The topological polar surface area (TPSA) is 87.8 Å². The van der Waals surface area contributed by atoms with Crippen LogP contribution in [0.1, 0.15) is 12.5 Å². The number of aliphatic carboxylic acids is 1. The molecule has 0 spiro atoms. The first kappa shape index (κ1) is 15.9. The Balaban J connectivity index is 2.04. The summed E-state index contributed by atoms with van der Waals surface area (Å²) < 4.78 is 45.4. The van der Waals surface area contributed by atoms with E-state index < -0.39 is 27.7 Å². The Morgan fingerprint density at radius 1 is 1.39 bits per heavy atom. The Morgan fingerprint density at radius 3 is 2.70 bits per heavy atom. The molecule has 1 aliphatic rings. The molecule has 3 rings (SSSR count). The smallest absolute Gasteiger partial charge is 0.308 e. The van der Waals surface area contributed by atoms with Crippen molar-refractivity contribution in [3.8, 4) is 0 Å². The van der Waals surface area contributed by atoms with Crippen LogP contribution >= 0.6 is 0 Å². The van der Waals surface area contributed by atoms with Crippen molar-refractivity contribution in [1.29, 1.82) is 0 Å². The molecule has 6 nitrogen and oxygen atoms in total. The van der Waals surface area contributed by atoms with Gasteiger partial charge in [-0.05, 0) is 31.0 Å². The number of benzene rings is 1. The van der Waals surface area contributed by atoms with Crippen molar-refractivity contribution < 1.29 is 27.1 Å². The number of hydrogen-bond acceptors (Lipinski definition) is 4. The Hall–Kier alpha value is -1.93. The Kier molecular flexibility index (Phi) is 3.68. The molecular formula is C15H16FNO5S. The molecule has 1 fully saturated rings. The number of sulfonamides is 1. The summed E-state index contributed by atoms with van der Waals surface area (Å²) in [6, 6.07) is 3.79. The van der Waals surface area contributed by atoms with Crippen LogP contribution in [0.25, 0.3) is 11.0 Å². The van der Waals surface area contributed by atoms with Gasteiger partial charge in [0.1, 0.15) is 11.4 Å². The second-order valence-corrected chi connectivity index (χ2v) is 7.74. The van der Waals surface area contributed by atoms with Gasteiger partial charge in [0.25, 0.3) is 10.0 Å². The van der Waals surface area contributed by atoms with E-state index >= 15 is 0 Å². The van der Waals surface area contributed by atoms with Crippen molar-refractivity contribution in [2.24, 2.45) is 11.8 Å². The van der Waals surface area contributed by atoms with E-state index in [0.29, 0.717) is 10.9 Å². The molecule has 0 amide bonds. The van der Waals surface area contributed by atoms with Gasteiger partial charge in [0.05, 0.1) is 5.92 Å². The third-order valence-electron chi connectivity index (χ3n) is 4.32. The number of nitrogens with zero attached hydrogens (tertiary/aromatic N) is 1. The highest BCUT2D eigenvalue weighted by Gasteiger charge is 2.42. The van der Waals surface area contributed by atoms with E-state index in [1.54, 1.807) is 13.8 Å². The van der Waals surface area contributed by atoms with E-state index in [-0.39, 0.29) is 29.7 Å². The van der Waals surface area contributed by atoms with Gasteiger partial charge < -0.3 is 9.52 Å². The average molecular weight is 341 g/mol. The lowest BCUT2D eigenvalue weighted by Crippen LogP contribution is -2.30. The van der Waals surface area contributed by atoms with Crippen molar-refractivity contribution in [3.05, 3.63) is 29.6 Å². The molecule has 0 unspecified atom stereocenters. The summed E-state index contributed by atoms with van der Waals surface area (Å²) in [6.07, 6.45) is 0. The summed E-state index contributed by atoms with van der Waals surface area (Å²) >= 11 is 0. The molecule has 2 heterocycles. The zero-order valence-corrected chi connectivity index (χ0v) is 13.4. The molecule has 2 aromatic rings. The lowest BCUT2D eigenvalue weighted by Gasteiger charge is -2.14. The Labute approximate surface area is 132 Å². The van der Waals surface area contributed by atoms with Crippen molar-refractivity contribution in [2.75, 3.05) is 13.1 Å². The van der Waals surface area contributed by atoms with Crippen molar-refractivity contribution in [3.63, 3.8) is 0 Å². The molecule has 124 valence electrons. The van der Waals surface area contributed by atoms with E-state index in [1.165, 1.54) is 18.2 Å². The fourth-order valence-electron chi connectivity index (χ4n) is 2.97. The molecule has 1 N–H and O–H groups in total. The highest BCUT2D eigenvalue weighted by molar-refractivity contribution is 7.89. The van der Waals surface area contributed by atoms with Crippen molar-refractivity contribution in [2.45, 2.75) is 18.9 Å². The normalized spacial score (nSPS) is 22.7. The van der Waals surface area contributed by atoms with Gasteiger partial charge in [0.15, 0.2) is 0 Å². The van der Waals surface area contributed by atoms with Crippen LogP contribution in [0.4, 0.5) is 4.39 Å². The Bertz CT molecular complexity index is 889. The van der Waals surface area contributed by atoms with Crippen LogP contribution in [0.5, 0.6) is 0 Å². The molecule has 1 aromatic heterocycles. The molecule has 0 aliphatic carbocycles. The summed E-state index contributed by atoms with van der Waals surface area (Å²) in [6.45, 7) is 3.27. The zero-order valence-electron chi connectivity index (χ0n) is 12.6. The first-order valence-corrected chi connectivity index (χ1v) is 8.57. The Morgan fingerprint density at radius 2 is 2.09 bits per heavy atom. The van der Waals surface area contributed by atoms with Crippen LogP contribution in [-0.2, 0) is 14.8 Å². The van der Waals surface area contributed by atoms with Crippen LogP contribution in [0.2, 0.25) is 0 Å². The molecule has 0 saturated carbocycles. The number of halogens is 1. The van der Waals surface area contributed by atoms with E-state index in [2.05, 4.69) is 0 Å². The SMILES string of the molecule is Cc1c(S(=O)(=O)N2C[C@H](C(=O)O)[C@@H](C)C2)oc2ccc(F)cc12. The standard InChI is InChI=1S/C15H16FNO5S/c1-8-6-17(7-12(8)14(18)19)23(20,21)15-9(2)11-5-10(16)3-4-13(11)22-15/h3-5,8,12H,6-7H2,1-2H3,(H,18,19)/t8-,12-/m0/s1. The van der Waals surface area contributed by atoms with E-state index in [9.17, 15) is 17.6 Å². The fraction of sp³-hybridized carbons (Fsp3) is 0.400. The molecule has 1 aliphatic heterocycles. The van der Waals surface area contributed by atoms with E-state index in [0.717, 1.165) is 4.31 Å². The van der Waals surface area contributed by atoms with Gasteiger partial charge in [-0.2, -0.15) is 4.31 Å². The lowest BCUT2D eigenvalue weighted by atomic mass is 9.99. The van der Waals surface area contributed by atoms with Crippen LogP contribution in [0.15, 0.2) is 27.7 Å². The minimum Gasteiger partial charge on any atom is -0.481 e. The van der Waals surface area contributed by atoms with Crippen LogP contribution in [0.3, 0.4) is 0 Å². The number of rotatable bonds is 3. The summed E-state index contributed by atoms with van der Waals surface area (Å²) in [5, 5.41) is 9.29. The molecule has 0 radical (unpaired) electrons. The number of aryl methyl sites for hydroxylation is 1. The van der Waals surface area contributed by atoms with Crippen molar-refractivity contribution in [1.82, 2.24) is 4.31 Å². The molecule has 0 bridgehead atoms. The number of carbonyl (C=O) groups is 1. The maximum atomic E-state index is 13.3. The van der Waals surface area contributed by atoms with Gasteiger partial charge in [-0.1, -0.05) is 6.92 Å². The summed E-state index contributed by atoms with van der Waals surface area (Å²) in [5.74, 6) is -2.53. The molecule has 1 aromatic carbocycles. The van der Waals surface area contributed by atoms with E-state index in [4.69, 9.17) is 9.52 Å². The van der Waals surface area contributed by atoms with Crippen molar-refractivity contribution >= 4 is 27.0 Å². The van der Waals surface area contributed by atoms with Gasteiger partial charge in [0, 0.05) is 24.0 Å².